The average molecular weight is 279 g/mol. The molecule has 1 N–H and O–H groups in total. The molecule has 2 unspecified atom stereocenters. The Morgan fingerprint density at radius 1 is 1.25 bits per heavy atom. The molecule has 1 aromatic carbocycles. The first-order valence-electron chi connectivity index (χ1n) is 7.40. The Morgan fingerprint density at radius 2 is 2.00 bits per heavy atom. The minimum atomic E-state index is 0.0700. The van der Waals surface area contributed by atoms with E-state index in [-0.39, 0.29) is 18.2 Å². The van der Waals surface area contributed by atoms with Gasteiger partial charge in [-0.1, -0.05) is 19.1 Å². The third-order valence-electron chi connectivity index (χ3n) is 3.25. The van der Waals surface area contributed by atoms with E-state index in [1.54, 1.807) is 0 Å². The minimum absolute atomic E-state index is 0.0700. The van der Waals surface area contributed by atoms with E-state index in [2.05, 4.69) is 24.4 Å². The van der Waals surface area contributed by atoms with Crippen LogP contribution >= 0.6 is 0 Å². The molecule has 0 amide bonds. The number of ether oxygens (including phenoxy) is 3. The van der Waals surface area contributed by atoms with Crippen molar-refractivity contribution >= 4 is 0 Å². The Labute approximate surface area is 121 Å². The lowest BCUT2D eigenvalue weighted by Crippen LogP contribution is -2.40. The number of hydrogen-bond donors (Lipinski definition) is 1. The molecule has 4 nitrogen and oxygen atoms in total. The summed E-state index contributed by atoms with van der Waals surface area (Å²) in [4.78, 5) is 0. The molecule has 2 rings (SSSR count). The van der Waals surface area contributed by atoms with Crippen molar-refractivity contribution in [2.24, 2.45) is 0 Å². The summed E-state index contributed by atoms with van der Waals surface area (Å²) in [6.07, 6.45) is 0.265. The first kappa shape index (κ1) is 15.3. The van der Waals surface area contributed by atoms with Crippen molar-refractivity contribution in [2.75, 3.05) is 26.4 Å². The van der Waals surface area contributed by atoms with Crippen LogP contribution in [0.25, 0.3) is 0 Å². The first-order valence-corrected chi connectivity index (χ1v) is 7.40. The predicted molar refractivity (Wildman–Crippen MR) is 79.2 cm³/mol. The summed E-state index contributed by atoms with van der Waals surface area (Å²) < 4.78 is 17.0. The number of nitrogens with one attached hydrogen (secondary N) is 1. The fraction of sp³-hybridized carbons (Fsp3) is 0.625. The number of rotatable bonds is 6. The molecule has 2 atom stereocenters. The minimum Gasteiger partial charge on any atom is -0.491 e. The maximum absolute atomic E-state index is 5.82. The summed E-state index contributed by atoms with van der Waals surface area (Å²) in [7, 11) is 0. The Kier molecular flexibility index (Phi) is 5.83. The quantitative estimate of drug-likeness (QED) is 0.868. The summed E-state index contributed by atoms with van der Waals surface area (Å²) in [5, 5.41) is 3.48. The Hall–Kier alpha value is -1.10. The highest BCUT2D eigenvalue weighted by molar-refractivity contribution is 5.30. The smallest absolute Gasteiger partial charge is 0.119 e. The van der Waals surface area contributed by atoms with Gasteiger partial charge in [0, 0.05) is 0 Å². The van der Waals surface area contributed by atoms with E-state index < -0.39 is 0 Å². The van der Waals surface area contributed by atoms with Gasteiger partial charge in [-0.05, 0) is 38.1 Å². The second-order valence-corrected chi connectivity index (χ2v) is 5.26. The maximum Gasteiger partial charge on any atom is 0.119 e. The molecule has 1 heterocycles. The van der Waals surface area contributed by atoms with Crippen LogP contribution in [0.2, 0.25) is 0 Å². The fourth-order valence-corrected chi connectivity index (χ4v) is 2.41. The van der Waals surface area contributed by atoms with Gasteiger partial charge in [0.25, 0.3) is 0 Å². The molecule has 1 fully saturated rings. The third kappa shape index (κ3) is 4.20. The van der Waals surface area contributed by atoms with Gasteiger partial charge in [-0.2, -0.15) is 0 Å². The Balaban J connectivity index is 2.07. The molecular formula is C16H25NO3. The highest BCUT2D eigenvalue weighted by atomic mass is 16.6. The van der Waals surface area contributed by atoms with Crippen LogP contribution in [0.1, 0.15) is 32.4 Å². The largest absolute Gasteiger partial charge is 0.491 e. The van der Waals surface area contributed by atoms with Crippen LogP contribution in [0.5, 0.6) is 5.75 Å². The Morgan fingerprint density at radius 3 is 2.55 bits per heavy atom. The zero-order chi connectivity index (χ0) is 14.4. The third-order valence-corrected chi connectivity index (χ3v) is 3.25. The lowest BCUT2D eigenvalue weighted by Gasteiger charge is -2.31. The highest BCUT2D eigenvalue weighted by Crippen LogP contribution is 2.24. The van der Waals surface area contributed by atoms with Crippen molar-refractivity contribution in [3.05, 3.63) is 29.8 Å². The number of benzene rings is 1. The molecule has 0 aliphatic carbocycles. The lowest BCUT2D eigenvalue weighted by molar-refractivity contribution is -0.102. The van der Waals surface area contributed by atoms with E-state index in [0.717, 1.165) is 12.3 Å². The molecule has 0 spiro atoms. The van der Waals surface area contributed by atoms with Crippen molar-refractivity contribution in [3.63, 3.8) is 0 Å². The van der Waals surface area contributed by atoms with Gasteiger partial charge in [-0.25, -0.2) is 0 Å². The molecule has 0 radical (unpaired) electrons. The van der Waals surface area contributed by atoms with E-state index in [1.807, 2.05) is 26.0 Å². The zero-order valence-corrected chi connectivity index (χ0v) is 12.6. The summed E-state index contributed by atoms with van der Waals surface area (Å²) in [5.74, 6) is 0.903. The van der Waals surface area contributed by atoms with Crippen LogP contribution in [0.4, 0.5) is 0 Å². The van der Waals surface area contributed by atoms with Crippen LogP contribution < -0.4 is 10.1 Å². The summed E-state index contributed by atoms with van der Waals surface area (Å²) >= 11 is 0. The summed E-state index contributed by atoms with van der Waals surface area (Å²) in [5.41, 5.74) is 1.21. The van der Waals surface area contributed by atoms with Gasteiger partial charge >= 0.3 is 0 Å². The second-order valence-electron chi connectivity index (χ2n) is 5.26. The van der Waals surface area contributed by atoms with Gasteiger partial charge < -0.3 is 19.5 Å². The number of hydrogen-bond acceptors (Lipinski definition) is 4. The van der Waals surface area contributed by atoms with E-state index in [9.17, 15) is 0 Å². The van der Waals surface area contributed by atoms with Crippen LogP contribution in [-0.2, 0) is 9.47 Å². The topological polar surface area (TPSA) is 39.7 Å². The van der Waals surface area contributed by atoms with Gasteiger partial charge in [0.2, 0.25) is 0 Å². The van der Waals surface area contributed by atoms with Gasteiger partial charge in [0.15, 0.2) is 0 Å². The highest BCUT2D eigenvalue weighted by Gasteiger charge is 2.25. The van der Waals surface area contributed by atoms with E-state index in [1.165, 1.54) is 5.56 Å². The molecular weight excluding hydrogens is 254 g/mol. The molecule has 0 bridgehead atoms. The zero-order valence-electron chi connectivity index (χ0n) is 12.6. The van der Waals surface area contributed by atoms with Crippen molar-refractivity contribution in [2.45, 2.75) is 39.0 Å². The first-order chi connectivity index (χ1) is 9.70. The lowest BCUT2D eigenvalue weighted by atomic mass is 10.0. The van der Waals surface area contributed by atoms with E-state index in [4.69, 9.17) is 14.2 Å². The molecule has 112 valence electrons. The Bertz CT molecular complexity index is 385. The van der Waals surface area contributed by atoms with Crippen molar-refractivity contribution in [1.82, 2.24) is 5.32 Å². The molecule has 20 heavy (non-hydrogen) atoms. The van der Waals surface area contributed by atoms with Gasteiger partial charge in [-0.15, -0.1) is 0 Å². The maximum atomic E-state index is 5.82. The van der Waals surface area contributed by atoms with Crippen LogP contribution in [0, 0.1) is 0 Å². The summed E-state index contributed by atoms with van der Waals surface area (Å²) in [6.45, 7) is 9.06. The van der Waals surface area contributed by atoms with Gasteiger partial charge in [0.1, 0.15) is 11.9 Å². The van der Waals surface area contributed by atoms with Crippen molar-refractivity contribution in [3.8, 4) is 5.75 Å². The molecule has 0 aromatic heterocycles. The number of likely N-dealkylation sites (N-methyl/N-ethyl adjacent to an activating group) is 1. The van der Waals surface area contributed by atoms with Crippen LogP contribution in [0.3, 0.4) is 0 Å². The normalized spacial score (nSPS) is 20.9. The predicted octanol–water partition coefficient (Wildman–Crippen LogP) is 2.54. The fourth-order valence-electron chi connectivity index (χ4n) is 2.41. The van der Waals surface area contributed by atoms with Gasteiger partial charge in [0.05, 0.1) is 32.0 Å². The molecule has 1 saturated heterocycles. The second kappa shape index (κ2) is 7.62. The standard InChI is InChI=1S/C16H25NO3/c1-4-17-16(15-11-18-9-10-19-15)13-5-7-14(8-6-13)20-12(2)3/h5-8,12,15-17H,4,9-11H2,1-3H3. The van der Waals surface area contributed by atoms with E-state index in [0.29, 0.717) is 19.8 Å². The summed E-state index contributed by atoms with van der Waals surface area (Å²) in [6, 6.07) is 8.40. The van der Waals surface area contributed by atoms with Crippen molar-refractivity contribution < 1.29 is 14.2 Å². The van der Waals surface area contributed by atoms with Crippen LogP contribution in [0.15, 0.2) is 24.3 Å². The molecule has 1 aromatic rings. The van der Waals surface area contributed by atoms with E-state index >= 15 is 0 Å². The SMILES string of the molecule is CCNC(c1ccc(OC(C)C)cc1)C1COCCO1. The molecule has 1 aliphatic rings. The van der Waals surface area contributed by atoms with Gasteiger partial charge in [-0.3, -0.25) is 0 Å². The van der Waals surface area contributed by atoms with Crippen LogP contribution in [-0.4, -0.2) is 38.6 Å². The molecule has 1 aliphatic heterocycles. The monoisotopic (exact) mass is 279 g/mol. The average Bonchev–Trinajstić information content (AvgIpc) is 2.46. The molecule has 4 heteroatoms. The molecule has 0 saturated carbocycles. The van der Waals surface area contributed by atoms with Crippen molar-refractivity contribution in [1.29, 1.82) is 0 Å².